The third-order valence-corrected chi connectivity index (χ3v) is 11.2. The van der Waals surface area contributed by atoms with E-state index in [2.05, 4.69) is 15.6 Å². The van der Waals surface area contributed by atoms with Gasteiger partial charge in [-0.25, -0.2) is 13.1 Å². The summed E-state index contributed by atoms with van der Waals surface area (Å²) >= 11 is 0. The van der Waals surface area contributed by atoms with E-state index in [1.165, 1.54) is 4.31 Å². The van der Waals surface area contributed by atoms with E-state index in [-0.39, 0.29) is 48.1 Å². The molecule has 0 bridgehead atoms. The second kappa shape index (κ2) is 16.2. The minimum atomic E-state index is -3.88. The standard InChI is InChI=1S/C38H49N5O6S/c1-7-37(45)39-17-11-9-8-10-12-28-14-16-36-34(19-28)49-27(4)23-43(50(36,46)47)24-31-20-29(15-13-25(31)2)32(18-26(3)44)30-21-33-38(35(22-30)48-6)42(5)41-40-33/h13-16,19-22,27,32H,7-12,17-18,23-24H2,1-6H3,(H,39,45)/t27-,32+/m1/s1. The van der Waals surface area contributed by atoms with Gasteiger partial charge in [0.1, 0.15) is 39.3 Å². The van der Waals surface area contributed by atoms with Crippen LogP contribution in [0, 0.1) is 6.92 Å². The highest BCUT2D eigenvalue weighted by Gasteiger charge is 2.34. The van der Waals surface area contributed by atoms with Gasteiger partial charge in [-0.3, -0.25) is 9.59 Å². The number of Topliss-reactive ketones (excluding diaryl/α,β-unsaturated/α-hetero) is 1. The van der Waals surface area contributed by atoms with Crippen LogP contribution in [-0.4, -0.2) is 65.7 Å². The summed E-state index contributed by atoms with van der Waals surface area (Å²) < 4.78 is 43.4. The van der Waals surface area contributed by atoms with Crippen molar-refractivity contribution in [3.05, 3.63) is 76.3 Å². The number of nitrogens with zero attached hydrogens (tertiary/aromatic N) is 4. The first-order chi connectivity index (χ1) is 23.9. The van der Waals surface area contributed by atoms with Crippen LogP contribution >= 0.6 is 0 Å². The maximum atomic E-state index is 14.2. The summed E-state index contributed by atoms with van der Waals surface area (Å²) in [5.74, 6) is 0.821. The number of rotatable bonds is 15. The van der Waals surface area contributed by atoms with E-state index in [1.54, 1.807) is 31.8 Å². The first kappa shape index (κ1) is 37.0. The molecule has 5 rings (SSSR count). The van der Waals surface area contributed by atoms with Crippen LogP contribution < -0.4 is 14.8 Å². The van der Waals surface area contributed by atoms with E-state index in [9.17, 15) is 18.0 Å². The number of ketones is 1. The van der Waals surface area contributed by atoms with Gasteiger partial charge in [0.25, 0.3) is 0 Å². The molecule has 2 heterocycles. The van der Waals surface area contributed by atoms with Gasteiger partial charge >= 0.3 is 0 Å². The fraction of sp³-hybridized carbons (Fsp3) is 0.474. The molecule has 50 heavy (non-hydrogen) atoms. The average molecular weight is 704 g/mol. The Bertz CT molecular complexity index is 1960. The quantitative estimate of drug-likeness (QED) is 0.149. The molecule has 268 valence electrons. The smallest absolute Gasteiger partial charge is 0.247 e. The molecule has 12 heteroatoms. The lowest BCUT2D eigenvalue weighted by Crippen LogP contribution is -2.35. The average Bonchev–Trinajstić information content (AvgIpc) is 3.42. The van der Waals surface area contributed by atoms with Gasteiger partial charge in [-0.15, -0.1) is 5.10 Å². The maximum Gasteiger partial charge on any atom is 0.247 e. The highest BCUT2D eigenvalue weighted by molar-refractivity contribution is 7.89. The maximum absolute atomic E-state index is 14.2. The number of ether oxygens (including phenoxy) is 2. The Morgan fingerprint density at radius 2 is 1.84 bits per heavy atom. The van der Waals surface area contributed by atoms with E-state index >= 15 is 0 Å². The molecule has 0 aliphatic carbocycles. The molecule has 1 N–H and O–H groups in total. The fourth-order valence-electron chi connectivity index (χ4n) is 6.62. The molecular weight excluding hydrogens is 655 g/mol. The number of nitrogens with one attached hydrogen (secondary N) is 1. The van der Waals surface area contributed by atoms with Gasteiger partial charge in [0.15, 0.2) is 0 Å². The number of amides is 1. The van der Waals surface area contributed by atoms with E-state index in [1.807, 2.05) is 63.2 Å². The SMILES string of the molecule is CCC(=O)NCCCCCCc1ccc2c(c1)O[C@H](C)CN(Cc1cc([C@H](CC(C)=O)c3cc(OC)c4c(c3)nnn4C)ccc1C)S2(=O)=O. The van der Waals surface area contributed by atoms with Crippen molar-refractivity contribution in [2.24, 2.45) is 7.05 Å². The van der Waals surface area contributed by atoms with Crippen LogP contribution in [0.15, 0.2) is 53.4 Å². The van der Waals surface area contributed by atoms with Gasteiger partial charge in [0.2, 0.25) is 15.9 Å². The molecule has 3 aromatic carbocycles. The Kier molecular flexibility index (Phi) is 11.9. The molecule has 4 aromatic rings. The van der Waals surface area contributed by atoms with Crippen molar-refractivity contribution in [1.82, 2.24) is 24.6 Å². The van der Waals surface area contributed by atoms with Gasteiger partial charge in [0.05, 0.1) is 13.7 Å². The molecule has 11 nitrogen and oxygen atoms in total. The summed E-state index contributed by atoms with van der Waals surface area (Å²) in [5, 5.41) is 11.3. The van der Waals surface area contributed by atoms with Crippen molar-refractivity contribution in [2.75, 3.05) is 20.2 Å². The molecule has 0 radical (unpaired) electrons. The Morgan fingerprint density at radius 3 is 2.58 bits per heavy atom. The molecule has 0 spiro atoms. The number of fused-ring (bicyclic) bond motifs is 2. The van der Waals surface area contributed by atoms with Crippen molar-refractivity contribution in [3.8, 4) is 11.5 Å². The molecule has 0 fully saturated rings. The number of aryl methyl sites for hydroxylation is 3. The molecule has 1 aliphatic rings. The minimum absolute atomic E-state index is 0.0322. The van der Waals surface area contributed by atoms with Crippen molar-refractivity contribution in [3.63, 3.8) is 0 Å². The normalized spacial score (nSPS) is 16.3. The van der Waals surface area contributed by atoms with Crippen molar-refractivity contribution < 1.29 is 27.5 Å². The third-order valence-electron chi connectivity index (χ3n) is 9.37. The Balaban J connectivity index is 1.35. The van der Waals surface area contributed by atoms with Gasteiger partial charge < -0.3 is 14.8 Å². The molecule has 0 saturated carbocycles. The zero-order valence-corrected chi connectivity index (χ0v) is 30.8. The van der Waals surface area contributed by atoms with E-state index < -0.39 is 10.0 Å². The van der Waals surface area contributed by atoms with Crippen LogP contribution in [0.4, 0.5) is 0 Å². The van der Waals surface area contributed by atoms with Crippen molar-refractivity contribution >= 4 is 32.7 Å². The second-order valence-electron chi connectivity index (χ2n) is 13.3. The lowest BCUT2D eigenvalue weighted by atomic mass is 9.85. The Morgan fingerprint density at radius 1 is 1.06 bits per heavy atom. The predicted molar refractivity (Wildman–Crippen MR) is 193 cm³/mol. The first-order valence-electron chi connectivity index (χ1n) is 17.4. The summed E-state index contributed by atoms with van der Waals surface area (Å²) in [7, 11) is -0.474. The summed E-state index contributed by atoms with van der Waals surface area (Å²) in [4.78, 5) is 24.1. The molecular formula is C38H49N5O6S. The summed E-state index contributed by atoms with van der Waals surface area (Å²) in [6, 6.07) is 15.3. The zero-order chi connectivity index (χ0) is 36.0. The van der Waals surface area contributed by atoms with E-state index in [0.717, 1.165) is 65.4 Å². The monoisotopic (exact) mass is 703 g/mol. The number of aromatic nitrogens is 3. The summed E-state index contributed by atoms with van der Waals surface area (Å²) in [6.45, 7) is 8.34. The number of hydrogen-bond donors (Lipinski definition) is 1. The number of hydrogen-bond acceptors (Lipinski definition) is 8. The third kappa shape index (κ3) is 8.53. The van der Waals surface area contributed by atoms with Gasteiger partial charge in [-0.05, 0) is 92.1 Å². The lowest BCUT2D eigenvalue weighted by Gasteiger charge is -2.24. The predicted octanol–water partition coefficient (Wildman–Crippen LogP) is 6.00. The minimum Gasteiger partial charge on any atom is -0.494 e. The van der Waals surface area contributed by atoms with Gasteiger partial charge in [-0.2, -0.15) is 4.31 Å². The molecule has 1 amide bonds. The number of methoxy groups -OCH3 is 1. The number of carbonyl (C=O) groups is 2. The summed E-state index contributed by atoms with van der Waals surface area (Å²) in [6.07, 6.45) is 5.17. The van der Waals surface area contributed by atoms with Gasteiger partial charge in [-0.1, -0.05) is 49.2 Å². The van der Waals surface area contributed by atoms with Crippen LogP contribution in [0.3, 0.4) is 0 Å². The van der Waals surface area contributed by atoms with Gasteiger partial charge in [0, 0.05) is 38.9 Å². The van der Waals surface area contributed by atoms with Crippen LogP contribution in [0.25, 0.3) is 11.0 Å². The fourth-order valence-corrected chi connectivity index (χ4v) is 8.21. The van der Waals surface area contributed by atoms with E-state index in [0.29, 0.717) is 30.0 Å². The number of benzene rings is 3. The Labute approximate surface area is 295 Å². The molecule has 0 unspecified atom stereocenters. The van der Waals surface area contributed by atoms with E-state index in [4.69, 9.17) is 9.47 Å². The summed E-state index contributed by atoms with van der Waals surface area (Å²) in [5.41, 5.74) is 6.05. The number of unbranched alkanes of at least 4 members (excludes halogenated alkanes) is 3. The second-order valence-corrected chi connectivity index (χ2v) is 15.2. The molecule has 2 atom stereocenters. The zero-order valence-electron chi connectivity index (χ0n) is 30.0. The van der Waals surface area contributed by atoms with Crippen LogP contribution in [-0.2, 0) is 39.6 Å². The lowest BCUT2D eigenvalue weighted by molar-refractivity contribution is -0.120. The largest absolute Gasteiger partial charge is 0.494 e. The molecule has 0 saturated heterocycles. The Hall–Kier alpha value is -4.29. The molecule has 1 aromatic heterocycles. The number of carbonyl (C=O) groups excluding carboxylic acids is 2. The van der Waals surface area contributed by atoms with Crippen molar-refractivity contribution in [2.45, 2.75) is 96.1 Å². The molecule has 1 aliphatic heterocycles. The van der Waals surface area contributed by atoms with Crippen molar-refractivity contribution in [1.29, 1.82) is 0 Å². The first-order valence-corrected chi connectivity index (χ1v) is 18.9. The van der Waals surface area contributed by atoms with Crippen LogP contribution in [0.2, 0.25) is 0 Å². The number of sulfonamides is 1. The van der Waals surface area contributed by atoms with Crippen LogP contribution in [0.5, 0.6) is 11.5 Å². The highest BCUT2D eigenvalue weighted by Crippen LogP contribution is 2.37. The highest BCUT2D eigenvalue weighted by atomic mass is 32.2. The van der Waals surface area contributed by atoms with Crippen LogP contribution in [0.1, 0.15) is 93.0 Å². The topological polar surface area (TPSA) is 133 Å².